The average molecular weight is 195 g/mol. The van der Waals surface area contributed by atoms with Crippen molar-refractivity contribution in [2.24, 2.45) is 0 Å². The first-order valence-electron chi connectivity index (χ1n) is 4.89. The third-order valence-electron chi connectivity index (χ3n) is 2.76. The standard InChI is InChI=1S/C10H13NO3/c1-6-8(7-4-2-3-5-7)11-9(14-6)10(12)13/h7H,2-5H2,1H3,(H,12,13). The van der Waals surface area contributed by atoms with E-state index in [1.807, 2.05) is 0 Å². The molecule has 0 atom stereocenters. The molecular formula is C10H13NO3. The topological polar surface area (TPSA) is 63.3 Å². The monoisotopic (exact) mass is 195 g/mol. The molecule has 1 aliphatic rings. The van der Waals surface area contributed by atoms with Crippen molar-refractivity contribution in [3.63, 3.8) is 0 Å². The molecule has 4 heteroatoms. The molecule has 0 aromatic carbocycles. The Kier molecular flexibility index (Phi) is 2.27. The molecule has 1 N–H and O–H groups in total. The molecule has 1 aromatic heterocycles. The minimum atomic E-state index is -1.09. The SMILES string of the molecule is Cc1oc(C(=O)O)nc1C1CCCC1. The van der Waals surface area contributed by atoms with Crippen molar-refractivity contribution in [1.29, 1.82) is 0 Å². The molecule has 0 unspecified atom stereocenters. The summed E-state index contributed by atoms with van der Waals surface area (Å²) in [5, 5.41) is 8.71. The minimum absolute atomic E-state index is 0.176. The van der Waals surface area contributed by atoms with Gasteiger partial charge in [0.15, 0.2) is 0 Å². The van der Waals surface area contributed by atoms with Crippen LogP contribution in [0, 0.1) is 6.92 Å². The highest BCUT2D eigenvalue weighted by Crippen LogP contribution is 2.35. The highest BCUT2D eigenvalue weighted by molar-refractivity contribution is 5.82. The van der Waals surface area contributed by atoms with Crippen molar-refractivity contribution in [2.45, 2.75) is 38.5 Å². The Morgan fingerprint density at radius 2 is 2.14 bits per heavy atom. The lowest BCUT2D eigenvalue weighted by Gasteiger charge is -2.03. The van der Waals surface area contributed by atoms with E-state index in [1.165, 1.54) is 12.8 Å². The van der Waals surface area contributed by atoms with E-state index < -0.39 is 5.97 Å². The van der Waals surface area contributed by atoms with Crippen LogP contribution < -0.4 is 0 Å². The van der Waals surface area contributed by atoms with Crippen LogP contribution in [0.1, 0.15) is 53.7 Å². The molecule has 0 spiro atoms. The summed E-state index contributed by atoms with van der Waals surface area (Å²) >= 11 is 0. The van der Waals surface area contributed by atoms with E-state index in [0.717, 1.165) is 18.5 Å². The molecule has 1 saturated carbocycles. The van der Waals surface area contributed by atoms with Gasteiger partial charge in [-0.15, -0.1) is 0 Å². The van der Waals surface area contributed by atoms with Crippen molar-refractivity contribution in [3.05, 3.63) is 17.3 Å². The smallest absolute Gasteiger partial charge is 0.392 e. The van der Waals surface area contributed by atoms with Gasteiger partial charge in [-0.05, 0) is 19.8 Å². The van der Waals surface area contributed by atoms with E-state index in [4.69, 9.17) is 9.52 Å². The second kappa shape index (κ2) is 3.44. The summed E-state index contributed by atoms with van der Waals surface area (Å²) in [6, 6.07) is 0. The van der Waals surface area contributed by atoms with Gasteiger partial charge in [-0.3, -0.25) is 0 Å². The molecule has 1 heterocycles. The van der Waals surface area contributed by atoms with Crippen LogP contribution in [0.4, 0.5) is 0 Å². The molecule has 14 heavy (non-hydrogen) atoms. The van der Waals surface area contributed by atoms with Crippen molar-refractivity contribution >= 4 is 5.97 Å². The van der Waals surface area contributed by atoms with Crippen LogP contribution in [0.15, 0.2) is 4.42 Å². The van der Waals surface area contributed by atoms with Gasteiger partial charge in [-0.1, -0.05) is 12.8 Å². The molecule has 0 amide bonds. The first-order valence-corrected chi connectivity index (χ1v) is 4.89. The maximum absolute atomic E-state index is 10.6. The number of hydrogen-bond donors (Lipinski definition) is 1. The Bertz CT molecular complexity index is 350. The Hall–Kier alpha value is -1.32. The number of oxazole rings is 1. The number of rotatable bonds is 2. The lowest BCUT2D eigenvalue weighted by molar-refractivity contribution is 0.0652. The van der Waals surface area contributed by atoms with Crippen LogP contribution in [0.2, 0.25) is 0 Å². The van der Waals surface area contributed by atoms with E-state index in [1.54, 1.807) is 6.92 Å². The summed E-state index contributed by atoms with van der Waals surface area (Å²) in [4.78, 5) is 14.7. The predicted molar refractivity (Wildman–Crippen MR) is 49.4 cm³/mol. The maximum Gasteiger partial charge on any atom is 0.392 e. The Labute approximate surface area is 81.9 Å². The third kappa shape index (κ3) is 1.52. The van der Waals surface area contributed by atoms with Gasteiger partial charge in [-0.2, -0.15) is 0 Å². The van der Waals surface area contributed by atoms with E-state index in [-0.39, 0.29) is 5.89 Å². The molecule has 1 aromatic rings. The van der Waals surface area contributed by atoms with Gasteiger partial charge in [0.05, 0.1) is 5.69 Å². The molecule has 0 radical (unpaired) electrons. The number of carboxylic acid groups (broad SMARTS) is 1. The molecule has 1 aliphatic carbocycles. The molecule has 0 saturated heterocycles. The largest absolute Gasteiger partial charge is 0.474 e. The number of aromatic carboxylic acids is 1. The lowest BCUT2D eigenvalue weighted by atomic mass is 10.0. The zero-order chi connectivity index (χ0) is 10.1. The summed E-state index contributed by atoms with van der Waals surface area (Å²) in [6.07, 6.45) is 4.62. The first kappa shape index (κ1) is 9.24. The van der Waals surface area contributed by atoms with Gasteiger partial charge in [0.25, 0.3) is 0 Å². The van der Waals surface area contributed by atoms with Gasteiger partial charge in [0.2, 0.25) is 0 Å². The van der Waals surface area contributed by atoms with Crippen molar-refractivity contribution in [3.8, 4) is 0 Å². The predicted octanol–water partition coefficient (Wildman–Crippen LogP) is 2.34. The highest BCUT2D eigenvalue weighted by atomic mass is 16.4. The van der Waals surface area contributed by atoms with Gasteiger partial charge in [-0.25, -0.2) is 9.78 Å². The first-order chi connectivity index (χ1) is 6.68. The van der Waals surface area contributed by atoms with Crippen LogP contribution >= 0.6 is 0 Å². The van der Waals surface area contributed by atoms with Crippen LogP contribution in [-0.2, 0) is 0 Å². The number of aromatic nitrogens is 1. The number of carboxylic acids is 1. The Balaban J connectivity index is 2.28. The molecule has 2 rings (SSSR count). The van der Waals surface area contributed by atoms with Crippen molar-refractivity contribution in [1.82, 2.24) is 4.98 Å². The molecule has 0 aliphatic heterocycles. The van der Waals surface area contributed by atoms with Crippen molar-refractivity contribution < 1.29 is 14.3 Å². The fraction of sp³-hybridized carbons (Fsp3) is 0.600. The average Bonchev–Trinajstić information content (AvgIpc) is 2.71. The van der Waals surface area contributed by atoms with E-state index in [0.29, 0.717) is 11.7 Å². The summed E-state index contributed by atoms with van der Waals surface area (Å²) in [6.45, 7) is 1.78. The number of nitrogens with zero attached hydrogens (tertiary/aromatic N) is 1. The summed E-state index contributed by atoms with van der Waals surface area (Å²) in [7, 11) is 0. The van der Waals surface area contributed by atoms with Gasteiger partial charge in [0.1, 0.15) is 5.76 Å². The van der Waals surface area contributed by atoms with E-state index in [2.05, 4.69) is 4.98 Å². The van der Waals surface area contributed by atoms with Gasteiger partial charge in [0, 0.05) is 5.92 Å². The number of aryl methyl sites for hydroxylation is 1. The zero-order valence-electron chi connectivity index (χ0n) is 8.12. The minimum Gasteiger partial charge on any atom is -0.474 e. The molecule has 0 bridgehead atoms. The van der Waals surface area contributed by atoms with E-state index in [9.17, 15) is 4.79 Å². The van der Waals surface area contributed by atoms with Crippen LogP contribution in [0.3, 0.4) is 0 Å². The van der Waals surface area contributed by atoms with Crippen LogP contribution in [0.25, 0.3) is 0 Å². The van der Waals surface area contributed by atoms with Crippen molar-refractivity contribution in [2.75, 3.05) is 0 Å². The second-order valence-corrected chi connectivity index (χ2v) is 3.75. The fourth-order valence-electron chi connectivity index (χ4n) is 2.08. The molecule has 4 nitrogen and oxygen atoms in total. The summed E-state index contributed by atoms with van der Waals surface area (Å²) in [5.41, 5.74) is 0.847. The highest BCUT2D eigenvalue weighted by Gasteiger charge is 2.24. The molecule has 76 valence electrons. The van der Waals surface area contributed by atoms with E-state index >= 15 is 0 Å². The quantitative estimate of drug-likeness (QED) is 0.786. The normalized spacial score (nSPS) is 17.5. The fourth-order valence-corrected chi connectivity index (χ4v) is 2.08. The zero-order valence-corrected chi connectivity index (χ0v) is 8.12. The maximum atomic E-state index is 10.6. The Morgan fingerprint density at radius 1 is 1.50 bits per heavy atom. The van der Waals surface area contributed by atoms with Crippen LogP contribution in [-0.4, -0.2) is 16.1 Å². The number of carbonyl (C=O) groups is 1. The third-order valence-corrected chi connectivity index (χ3v) is 2.76. The summed E-state index contributed by atoms with van der Waals surface area (Å²) in [5.74, 6) is -0.192. The van der Waals surface area contributed by atoms with Crippen LogP contribution in [0.5, 0.6) is 0 Å². The lowest BCUT2D eigenvalue weighted by Crippen LogP contribution is -1.98. The molecule has 1 fully saturated rings. The summed E-state index contributed by atoms with van der Waals surface area (Å²) < 4.78 is 5.08. The van der Waals surface area contributed by atoms with Gasteiger partial charge >= 0.3 is 11.9 Å². The molecular weight excluding hydrogens is 182 g/mol. The Morgan fingerprint density at radius 3 is 2.64 bits per heavy atom. The van der Waals surface area contributed by atoms with Gasteiger partial charge < -0.3 is 9.52 Å². The number of hydrogen-bond acceptors (Lipinski definition) is 3. The second-order valence-electron chi connectivity index (χ2n) is 3.75.